The van der Waals surface area contributed by atoms with Gasteiger partial charge in [0.2, 0.25) is 5.91 Å². The number of alkyl halides is 3. The molecule has 1 saturated heterocycles. The van der Waals surface area contributed by atoms with Crippen LogP contribution in [0.4, 0.5) is 13.2 Å². The first kappa shape index (κ1) is 20.4. The molecule has 1 aromatic carbocycles. The highest BCUT2D eigenvalue weighted by molar-refractivity contribution is 5.86. The average molecular weight is 416 g/mol. The highest BCUT2D eigenvalue weighted by atomic mass is 19.4. The number of rotatable bonds is 4. The zero-order valence-electron chi connectivity index (χ0n) is 16.6. The first-order chi connectivity index (χ1) is 14.3. The molecule has 2 atom stereocenters. The summed E-state index contributed by atoms with van der Waals surface area (Å²) in [6, 6.07) is 7.84. The first-order valence-corrected chi connectivity index (χ1v) is 10.0. The minimum absolute atomic E-state index is 0.0303. The topological polar surface area (TPSA) is 51.0 Å². The van der Waals surface area contributed by atoms with Crippen molar-refractivity contribution in [2.45, 2.75) is 38.4 Å². The molecule has 30 heavy (non-hydrogen) atoms. The van der Waals surface area contributed by atoms with E-state index in [1.54, 1.807) is 29.1 Å². The summed E-state index contributed by atoms with van der Waals surface area (Å²) in [6.07, 6.45) is 1.58. The fraction of sp³-hybridized carbons (Fsp3) is 0.409. The van der Waals surface area contributed by atoms with Gasteiger partial charge in [-0.05, 0) is 36.1 Å². The monoisotopic (exact) mass is 416 g/mol. The molecular formula is C22H23F3N4O. The zero-order valence-corrected chi connectivity index (χ0v) is 16.6. The minimum atomic E-state index is -4.46. The Labute approximate surface area is 172 Å². The van der Waals surface area contributed by atoms with Crippen molar-refractivity contribution in [3.63, 3.8) is 0 Å². The molecule has 4 rings (SSSR count). The van der Waals surface area contributed by atoms with E-state index in [2.05, 4.69) is 17.0 Å². The van der Waals surface area contributed by atoms with Crippen molar-refractivity contribution >= 4 is 16.8 Å². The predicted octanol–water partition coefficient (Wildman–Crippen LogP) is 4.49. The van der Waals surface area contributed by atoms with Gasteiger partial charge in [-0.25, -0.2) is 0 Å². The van der Waals surface area contributed by atoms with E-state index in [1.165, 1.54) is 6.20 Å². The lowest BCUT2D eigenvalue weighted by Crippen LogP contribution is -2.42. The molecule has 1 amide bonds. The van der Waals surface area contributed by atoms with Crippen LogP contribution < -0.4 is 0 Å². The molecule has 2 aromatic heterocycles. The van der Waals surface area contributed by atoms with Crippen molar-refractivity contribution in [3.05, 3.63) is 60.0 Å². The quantitative estimate of drug-likeness (QED) is 0.630. The number of hydrogen-bond donors (Lipinski definition) is 0. The number of nitrogens with zero attached hydrogens (tertiary/aromatic N) is 4. The van der Waals surface area contributed by atoms with Crippen molar-refractivity contribution in [2.24, 2.45) is 5.92 Å². The normalized spacial score (nSPS) is 19.9. The summed E-state index contributed by atoms with van der Waals surface area (Å²) < 4.78 is 42.0. The van der Waals surface area contributed by atoms with Gasteiger partial charge in [-0.3, -0.25) is 14.5 Å². The van der Waals surface area contributed by atoms with E-state index in [1.807, 2.05) is 17.2 Å². The van der Waals surface area contributed by atoms with Crippen molar-refractivity contribution in [3.8, 4) is 0 Å². The second-order valence-corrected chi connectivity index (χ2v) is 7.96. The lowest BCUT2D eigenvalue weighted by Gasteiger charge is -2.37. The number of piperidine rings is 1. The molecule has 0 bridgehead atoms. The summed E-state index contributed by atoms with van der Waals surface area (Å²) in [5.41, 5.74) is 0.0673. The molecule has 1 aliphatic rings. The molecule has 0 aliphatic carbocycles. The van der Waals surface area contributed by atoms with E-state index in [-0.39, 0.29) is 23.3 Å². The van der Waals surface area contributed by atoms with Crippen LogP contribution in [0.15, 0.2) is 48.9 Å². The number of carbonyl (C=O) groups is 1. The molecule has 0 radical (unpaired) electrons. The fourth-order valence-corrected chi connectivity index (χ4v) is 4.36. The van der Waals surface area contributed by atoms with Crippen LogP contribution in [0.25, 0.3) is 10.9 Å². The van der Waals surface area contributed by atoms with Gasteiger partial charge in [0.15, 0.2) is 0 Å². The highest BCUT2D eigenvalue weighted by Gasteiger charge is 2.35. The fourth-order valence-electron chi connectivity index (χ4n) is 4.36. The predicted molar refractivity (Wildman–Crippen MR) is 107 cm³/mol. The van der Waals surface area contributed by atoms with Crippen LogP contribution in [-0.2, 0) is 17.5 Å². The lowest BCUT2D eigenvalue weighted by atomic mass is 9.83. The van der Waals surface area contributed by atoms with Gasteiger partial charge in [-0.1, -0.05) is 19.1 Å². The number of aryl methyl sites for hydroxylation is 1. The maximum absolute atomic E-state index is 13.4. The van der Waals surface area contributed by atoms with Crippen molar-refractivity contribution in [2.75, 3.05) is 13.1 Å². The van der Waals surface area contributed by atoms with Gasteiger partial charge in [-0.2, -0.15) is 18.3 Å². The van der Waals surface area contributed by atoms with Crippen LogP contribution in [0.5, 0.6) is 0 Å². The molecule has 3 aromatic rings. The van der Waals surface area contributed by atoms with Gasteiger partial charge in [0.25, 0.3) is 0 Å². The molecule has 1 aliphatic heterocycles. The maximum atomic E-state index is 13.4. The molecule has 0 unspecified atom stereocenters. The van der Waals surface area contributed by atoms with E-state index in [0.717, 1.165) is 18.1 Å². The summed E-state index contributed by atoms with van der Waals surface area (Å²) >= 11 is 0. The second kappa shape index (κ2) is 8.08. The Hall–Kier alpha value is -2.90. The Morgan fingerprint density at radius 1 is 1.17 bits per heavy atom. The van der Waals surface area contributed by atoms with Gasteiger partial charge >= 0.3 is 6.18 Å². The lowest BCUT2D eigenvalue weighted by molar-refractivity contribution is -0.136. The standard InChI is InChI=1S/C22H23F3N4O/c1-15-12-16(14-28(13-15)20(30)7-11-29-10-3-9-27-29)17-5-6-19(22(23,24)25)21-18(17)4-2-8-26-21/h2-6,8-10,15-16H,7,11-14H2,1H3/t15-,16+/m0/s1. The summed E-state index contributed by atoms with van der Waals surface area (Å²) in [6.45, 7) is 3.74. The van der Waals surface area contributed by atoms with Gasteiger partial charge in [0.05, 0.1) is 11.1 Å². The summed E-state index contributed by atoms with van der Waals surface area (Å²) in [4.78, 5) is 18.6. The van der Waals surface area contributed by atoms with Crippen LogP contribution in [0.3, 0.4) is 0 Å². The number of benzene rings is 1. The van der Waals surface area contributed by atoms with Gasteiger partial charge < -0.3 is 4.90 Å². The van der Waals surface area contributed by atoms with Crippen molar-refractivity contribution in [1.82, 2.24) is 19.7 Å². The molecule has 0 saturated carbocycles. The number of amides is 1. The van der Waals surface area contributed by atoms with E-state index >= 15 is 0 Å². The first-order valence-electron chi connectivity index (χ1n) is 10.0. The SMILES string of the molecule is C[C@H]1C[C@@H](c2ccc(C(F)(F)F)c3ncccc23)CN(C(=O)CCn2cccn2)C1. The Bertz CT molecular complexity index is 1030. The van der Waals surface area contributed by atoms with Crippen LogP contribution in [-0.4, -0.2) is 38.7 Å². The molecule has 0 spiro atoms. The summed E-state index contributed by atoms with van der Waals surface area (Å²) in [7, 11) is 0. The Balaban J connectivity index is 1.59. The van der Waals surface area contributed by atoms with Gasteiger partial charge in [0.1, 0.15) is 0 Å². The highest BCUT2D eigenvalue weighted by Crippen LogP contribution is 2.39. The van der Waals surface area contributed by atoms with Crippen molar-refractivity contribution in [1.29, 1.82) is 0 Å². The number of halogens is 3. The van der Waals surface area contributed by atoms with E-state index < -0.39 is 11.7 Å². The van der Waals surface area contributed by atoms with Crippen LogP contribution >= 0.6 is 0 Å². The van der Waals surface area contributed by atoms with E-state index in [9.17, 15) is 18.0 Å². The molecule has 158 valence electrons. The number of carbonyl (C=O) groups excluding carboxylic acids is 1. The number of likely N-dealkylation sites (tertiary alicyclic amines) is 1. The number of hydrogen-bond acceptors (Lipinski definition) is 3. The van der Waals surface area contributed by atoms with E-state index in [4.69, 9.17) is 0 Å². The zero-order chi connectivity index (χ0) is 21.3. The summed E-state index contributed by atoms with van der Waals surface area (Å²) in [5, 5.41) is 4.63. The molecular weight excluding hydrogens is 393 g/mol. The molecule has 5 nitrogen and oxygen atoms in total. The largest absolute Gasteiger partial charge is 0.418 e. The smallest absolute Gasteiger partial charge is 0.342 e. The number of pyridine rings is 1. The third-order valence-electron chi connectivity index (χ3n) is 5.68. The molecule has 3 heterocycles. The Kier molecular flexibility index (Phi) is 5.49. The molecule has 1 fully saturated rings. The third-order valence-corrected chi connectivity index (χ3v) is 5.68. The number of fused-ring (bicyclic) bond motifs is 1. The van der Waals surface area contributed by atoms with E-state index in [0.29, 0.717) is 31.4 Å². The van der Waals surface area contributed by atoms with Gasteiger partial charge in [-0.15, -0.1) is 0 Å². The van der Waals surface area contributed by atoms with Crippen LogP contribution in [0.2, 0.25) is 0 Å². The van der Waals surface area contributed by atoms with Crippen LogP contribution in [0.1, 0.15) is 36.8 Å². The maximum Gasteiger partial charge on any atom is 0.418 e. The summed E-state index contributed by atoms with van der Waals surface area (Å²) in [5.74, 6) is 0.263. The molecule has 0 N–H and O–H groups in total. The van der Waals surface area contributed by atoms with Gasteiger partial charge in [0, 0.05) is 55.9 Å². The Morgan fingerprint density at radius 3 is 2.73 bits per heavy atom. The second-order valence-electron chi connectivity index (χ2n) is 7.96. The Morgan fingerprint density at radius 2 is 2.00 bits per heavy atom. The van der Waals surface area contributed by atoms with Crippen LogP contribution in [0, 0.1) is 5.92 Å². The molecule has 8 heteroatoms. The third kappa shape index (κ3) is 4.17. The van der Waals surface area contributed by atoms with Crippen molar-refractivity contribution < 1.29 is 18.0 Å². The minimum Gasteiger partial charge on any atom is -0.342 e. The average Bonchev–Trinajstić information content (AvgIpc) is 3.23. The number of aromatic nitrogens is 3.